The van der Waals surface area contributed by atoms with Gasteiger partial charge in [0.2, 0.25) is 5.89 Å². The summed E-state index contributed by atoms with van der Waals surface area (Å²) in [6, 6.07) is 12.9. The lowest BCUT2D eigenvalue weighted by atomic mass is 10.1. The van der Waals surface area contributed by atoms with E-state index in [4.69, 9.17) is 20.4 Å². The van der Waals surface area contributed by atoms with Crippen molar-refractivity contribution in [3.63, 3.8) is 0 Å². The highest BCUT2D eigenvalue weighted by molar-refractivity contribution is 7.98. The Labute approximate surface area is 164 Å². The zero-order valence-electron chi connectivity index (χ0n) is 14.7. The summed E-state index contributed by atoms with van der Waals surface area (Å²) in [4.78, 5) is 11.9. The number of thioether (sulfide) groups is 1. The molecule has 0 saturated heterocycles. The van der Waals surface area contributed by atoms with Gasteiger partial charge in [0.1, 0.15) is 5.58 Å². The number of fused-ring (bicyclic) bond motifs is 1. The first-order chi connectivity index (χ1) is 13.0. The summed E-state index contributed by atoms with van der Waals surface area (Å²) in [5.41, 5.74) is 3.82. The van der Waals surface area contributed by atoms with Gasteiger partial charge in [-0.2, -0.15) is 0 Å². The van der Waals surface area contributed by atoms with Gasteiger partial charge in [-0.15, -0.1) is 10.2 Å². The van der Waals surface area contributed by atoms with Crippen LogP contribution in [0, 0.1) is 13.8 Å². The molecule has 4 aromatic rings. The molecule has 0 fully saturated rings. The molecule has 0 radical (unpaired) electrons. The van der Waals surface area contributed by atoms with E-state index >= 15 is 0 Å². The largest absolute Gasteiger partial charge is 0.423 e. The number of aromatic nitrogens is 2. The first-order valence-corrected chi connectivity index (χ1v) is 9.62. The van der Waals surface area contributed by atoms with Crippen molar-refractivity contribution >= 4 is 34.3 Å². The fraction of sp³-hybridized carbons (Fsp3) is 0.150. The molecule has 5 nitrogen and oxygen atoms in total. The van der Waals surface area contributed by atoms with Gasteiger partial charge in [0, 0.05) is 27.8 Å². The summed E-state index contributed by atoms with van der Waals surface area (Å²) >= 11 is 7.59. The van der Waals surface area contributed by atoms with Crippen LogP contribution in [0.1, 0.15) is 16.7 Å². The summed E-state index contributed by atoms with van der Waals surface area (Å²) in [6.45, 7) is 3.89. The van der Waals surface area contributed by atoms with Gasteiger partial charge in [0.05, 0.1) is 0 Å². The molecule has 2 aromatic carbocycles. The van der Waals surface area contributed by atoms with Crippen molar-refractivity contribution < 1.29 is 8.83 Å². The average Bonchev–Trinajstić information content (AvgIpc) is 3.11. The lowest BCUT2D eigenvalue weighted by Gasteiger charge is -2.06. The van der Waals surface area contributed by atoms with Crippen molar-refractivity contribution in [3.8, 4) is 11.5 Å². The van der Waals surface area contributed by atoms with Crippen LogP contribution in [0.4, 0.5) is 0 Å². The number of rotatable bonds is 4. The van der Waals surface area contributed by atoms with Crippen LogP contribution in [0.15, 0.2) is 61.3 Å². The Morgan fingerprint density at radius 2 is 1.81 bits per heavy atom. The highest BCUT2D eigenvalue weighted by Crippen LogP contribution is 2.30. The Bertz CT molecular complexity index is 1180. The molecule has 0 unspecified atom stereocenters. The monoisotopic (exact) mass is 398 g/mol. The molecule has 2 aromatic heterocycles. The summed E-state index contributed by atoms with van der Waals surface area (Å²) in [6.07, 6.45) is 0. The van der Waals surface area contributed by atoms with Crippen LogP contribution in [-0.4, -0.2) is 10.2 Å². The molecule has 0 aliphatic carbocycles. The number of hydrogen-bond donors (Lipinski definition) is 0. The standard InChI is InChI=1S/C20H15ClN2O3S/c1-11-3-5-13(6-4-11)19-22-23-20(26-19)27-10-14-8-18(24)25-17-7-12(2)16(21)9-15(14)17/h3-9H,10H2,1-2H3. The molecule has 27 heavy (non-hydrogen) atoms. The Morgan fingerprint density at radius 3 is 2.59 bits per heavy atom. The van der Waals surface area contributed by atoms with Crippen molar-refractivity contribution in [3.05, 3.63) is 74.6 Å². The summed E-state index contributed by atoms with van der Waals surface area (Å²) in [5.74, 6) is 0.949. The van der Waals surface area contributed by atoms with E-state index in [1.54, 1.807) is 6.07 Å². The number of aryl methyl sites for hydroxylation is 2. The Kier molecular flexibility index (Phi) is 4.76. The Morgan fingerprint density at radius 1 is 1.04 bits per heavy atom. The topological polar surface area (TPSA) is 69.1 Å². The summed E-state index contributed by atoms with van der Waals surface area (Å²) in [5, 5.41) is 10.0. The van der Waals surface area contributed by atoms with Crippen molar-refractivity contribution in [2.45, 2.75) is 24.8 Å². The van der Waals surface area contributed by atoms with Crippen molar-refractivity contribution in [2.24, 2.45) is 0 Å². The SMILES string of the molecule is Cc1ccc(-c2nnc(SCc3cc(=O)oc4cc(C)c(Cl)cc34)o2)cc1. The van der Waals surface area contributed by atoms with Gasteiger partial charge >= 0.3 is 5.63 Å². The second-order valence-electron chi connectivity index (χ2n) is 6.22. The summed E-state index contributed by atoms with van der Waals surface area (Å²) < 4.78 is 11.0. The molecule has 0 N–H and O–H groups in total. The summed E-state index contributed by atoms with van der Waals surface area (Å²) in [7, 11) is 0. The third-order valence-corrected chi connectivity index (χ3v) is 5.44. The number of benzene rings is 2. The van der Waals surface area contributed by atoms with Crippen LogP contribution in [0.2, 0.25) is 5.02 Å². The molecule has 0 aliphatic rings. The van der Waals surface area contributed by atoms with Gasteiger partial charge in [-0.25, -0.2) is 4.79 Å². The minimum absolute atomic E-state index is 0.398. The number of nitrogens with zero attached hydrogens (tertiary/aromatic N) is 2. The van der Waals surface area contributed by atoms with Crippen LogP contribution in [0.25, 0.3) is 22.4 Å². The van der Waals surface area contributed by atoms with Crippen LogP contribution in [0.3, 0.4) is 0 Å². The van der Waals surface area contributed by atoms with Gasteiger partial charge in [-0.1, -0.05) is 41.1 Å². The van der Waals surface area contributed by atoms with Crippen LogP contribution in [-0.2, 0) is 5.75 Å². The van der Waals surface area contributed by atoms with Gasteiger partial charge < -0.3 is 8.83 Å². The molecule has 0 saturated carbocycles. The average molecular weight is 399 g/mol. The van der Waals surface area contributed by atoms with Gasteiger partial charge in [0.25, 0.3) is 5.22 Å². The van der Waals surface area contributed by atoms with Crippen LogP contribution < -0.4 is 5.63 Å². The van der Waals surface area contributed by atoms with Crippen LogP contribution in [0.5, 0.6) is 0 Å². The van der Waals surface area contributed by atoms with E-state index in [-0.39, 0.29) is 0 Å². The molecule has 7 heteroatoms. The maximum absolute atomic E-state index is 11.9. The van der Waals surface area contributed by atoms with E-state index in [1.165, 1.54) is 17.8 Å². The highest BCUT2D eigenvalue weighted by atomic mass is 35.5. The minimum atomic E-state index is -0.398. The van der Waals surface area contributed by atoms with Crippen molar-refractivity contribution in [1.29, 1.82) is 0 Å². The third kappa shape index (κ3) is 3.77. The normalized spacial score (nSPS) is 11.2. The molecule has 2 heterocycles. The Hall–Kier alpha value is -2.57. The van der Waals surface area contributed by atoms with Gasteiger partial charge in [0.15, 0.2) is 0 Å². The van der Waals surface area contributed by atoms with E-state index in [0.29, 0.717) is 27.5 Å². The van der Waals surface area contributed by atoms with Gasteiger partial charge in [-0.3, -0.25) is 0 Å². The predicted octanol–water partition coefficient (Wildman–Crippen LogP) is 5.41. The zero-order valence-corrected chi connectivity index (χ0v) is 16.2. The second kappa shape index (κ2) is 7.21. The van der Waals surface area contributed by atoms with Crippen molar-refractivity contribution in [1.82, 2.24) is 10.2 Å². The maximum atomic E-state index is 11.9. The Balaban J connectivity index is 1.60. The fourth-order valence-electron chi connectivity index (χ4n) is 2.69. The molecular formula is C20H15ClN2O3S. The van der Waals surface area contributed by atoms with Crippen LogP contribution >= 0.6 is 23.4 Å². The third-order valence-electron chi connectivity index (χ3n) is 4.17. The lowest BCUT2D eigenvalue weighted by molar-refractivity contribution is 0.466. The molecular weight excluding hydrogens is 384 g/mol. The number of hydrogen-bond acceptors (Lipinski definition) is 6. The van der Waals surface area contributed by atoms with Gasteiger partial charge in [-0.05, 0) is 49.2 Å². The molecule has 4 rings (SSSR count). The molecule has 0 atom stereocenters. The quantitative estimate of drug-likeness (QED) is 0.338. The van der Waals surface area contributed by atoms with E-state index in [0.717, 1.165) is 27.6 Å². The second-order valence-corrected chi connectivity index (χ2v) is 7.55. The highest BCUT2D eigenvalue weighted by Gasteiger charge is 2.12. The maximum Gasteiger partial charge on any atom is 0.336 e. The molecule has 0 aliphatic heterocycles. The molecule has 0 bridgehead atoms. The molecule has 0 spiro atoms. The zero-order chi connectivity index (χ0) is 19.0. The van der Waals surface area contributed by atoms with E-state index < -0.39 is 5.63 Å². The fourth-order valence-corrected chi connectivity index (χ4v) is 3.61. The predicted molar refractivity (Wildman–Crippen MR) is 106 cm³/mol. The van der Waals surface area contributed by atoms with Crippen molar-refractivity contribution in [2.75, 3.05) is 0 Å². The van der Waals surface area contributed by atoms with E-state index in [1.807, 2.05) is 44.2 Å². The first kappa shape index (κ1) is 17.8. The first-order valence-electron chi connectivity index (χ1n) is 8.26. The van der Waals surface area contributed by atoms with E-state index in [2.05, 4.69) is 10.2 Å². The number of halogens is 1. The smallest absolute Gasteiger partial charge is 0.336 e. The minimum Gasteiger partial charge on any atom is -0.423 e. The molecule has 136 valence electrons. The molecule has 0 amide bonds. The lowest BCUT2D eigenvalue weighted by Crippen LogP contribution is -2.00. The van der Waals surface area contributed by atoms with E-state index in [9.17, 15) is 4.79 Å².